The number of hydrogen-bond donors (Lipinski definition) is 2. The van der Waals surface area contributed by atoms with E-state index in [4.69, 9.17) is 4.74 Å². The van der Waals surface area contributed by atoms with E-state index in [1.807, 2.05) is 0 Å². The number of halogens is 1. The smallest absolute Gasteiger partial charge is 0.325 e. The maximum absolute atomic E-state index is 15.6. The van der Waals surface area contributed by atoms with Crippen molar-refractivity contribution in [3.05, 3.63) is 48.5 Å². The Morgan fingerprint density at radius 1 is 0.900 bits per heavy atom. The molecule has 2 N–H and O–H groups in total. The molecule has 2 aromatic carbocycles. The summed E-state index contributed by atoms with van der Waals surface area (Å²) in [5.74, 6) is -2.98. The van der Waals surface area contributed by atoms with Crippen molar-refractivity contribution >= 4 is 57.2 Å². The molecule has 50 heavy (non-hydrogen) atoms. The molecule has 1 aliphatic heterocycles. The van der Waals surface area contributed by atoms with Crippen LogP contribution in [0.4, 0.5) is 4.39 Å². The number of ketones is 1. The van der Waals surface area contributed by atoms with E-state index in [0.717, 1.165) is 0 Å². The van der Waals surface area contributed by atoms with Gasteiger partial charge in [0, 0.05) is 48.2 Å². The van der Waals surface area contributed by atoms with E-state index >= 15 is 4.39 Å². The zero-order valence-corrected chi connectivity index (χ0v) is 28.5. The van der Waals surface area contributed by atoms with Crippen molar-refractivity contribution in [3.8, 4) is 11.1 Å². The third-order valence-corrected chi connectivity index (χ3v) is 8.32. The fourth-order valence-electron chi connectivity index (χ4n) is 5.86. The Balaban J connectivity index is 1.26. The van der Waals surface area contributed by atoms with E-state index in [2.05, 4.69) is 20.8 Å². The van der Waals surface area contributed by atoms with Gasteiger partial charge in [0.05, 0.1) is 30.0 Å². The van der Waals surface area contributed by atoms with E-state index in [-0.39, 0.29) is 61.6 Å². The van der Waals surface area contributed by atoms with Crippen LogP contribution in [-0.4, -0.2) is 91.6 Å². The Bertz CT molecular complexity index is 1970. The molecule has 1 fully saturated rings. The molecule has 0 saturated carbocycles. The van der Waals surface area contributed by atoms with E-state index in [9.17, 15) is 28.8 Å². The number of ether oxygens (including phenoxy) is 1. The molecule has 3 amide bonds. The zero-order valence-electron chi connectivity index (χ0n) is 28.5. The Kier molecular flexibility index (Phi) is 10.7. The first-order chi connectivity index (χ1) is 23.7. The minimum absolute atomic E-state index is 0.0459. The zero-order chi connectivity index (χ0) is 36.2. The number of nitrogens with one attached hydrogen (secondary N) is 2. The molecule has 0 aliphatic carbocycles. The number of hydrogen-bond acceptors (Lipinski definition) is 9. The maximum atomic E-state index is 15.6. The van der Waals surface area contributed by atoms with Crippen molar-refractivity contribution < 1.29 is 37.9 Å². The Morgan fingerprint density at radius 3 is 2.32 bits per heavy atom. The molecular weight excluding hydrogens is 649 g/mol. The predicted octanol–water partition coefficient (Wildman–Crippen LogP) is 3.01. The largest absolute Gasteiger partial charge is 0.459 e. The van der Waals surface area contributed by atoms with Crippen LogP contribution in [-0.2, 0) is 35.3 Å². The molecule has 2 aromatic heterocycles. The third kappa shape index (κ3) is 8.57. The average Bonchev–Trinajstić information content (AvgIpc) is 3.67. The molecule has 0 atom stereocenters. The van der Waals surface area contributed by atoms with Gasteiger partial charge in [-0.3, -0.25) is 28.7 Å². The summed E-state index contributed by atoms with van der Waals surface area (Å²) in [6.45, 7) is 6.46. The summed E-state index contributed by atoms with van der Waals surface area (Å²) in [4.78, 5) is 75.6. The predicted molar refractivity (Wildman–Crippen MR) is 180 cm³/mol. The first-order valence-corrected chi connectivity index (χ1v) is 16.4. The highest BCUT2D eigenvalue weighted by molar-refractivity contribution is 5.99. The van der Waals surface area contributed by atoms with Crippen molar-refractivity contribution in [1.29, 1.82) is 0 Å². The highest BCUT2D eigenvalue weighted by atomic mass is 19.1. The van der Waals surface area contributed by atoms with Gasteiger partial charge in [-0.15, -0.1) is 0 Å². The monoisotopic (exact) mass is 689 g/mol. The van der Waals surface area contributed by atoms with Crippen LogP contribution < -0.4 is 10.6 Å². The SMILES string of the molecule is CC(=O)CCC(=O)N1CCC(C(=O)n2ncc3cc(F)c(-c4cccc5c4cnn5CC(=O)NCC(=O)NCC(=O)OC(C)(C)C)cc32)CC1. The number of esters is 1. The van der Waals surface area contributed by atoms with Crippen molar-refractivity contribution in [2.45, 2.75) is 65.5 Å². The molecule has 14 nitrogen and oxygen atoms in total. The second kappa shape index (κ2) is 15.0. The lowest BCUT2D eigenvalue weighted by atomic mass is 9.95. The molecule has 0 unspecified atom stereocenters. The van der Waals surface area contributed by atoms with E-state index < -0.39 is 29.2 Å². The number of aromatic nitrogens is 4. The van der Waals surface area contributed by atoms with E-state index in [1.165, 1.54) is 34.7 Å². The lowest BCUT2D eigenvalue weighted by Crippen LogP contribution is -2.41. The van der Waals surface area contributed by atoms with Crippen LogP contribution in [0.3, 0.4) is 0 Å². The fourth-order valence-corrected chi connectivity index (χ4v) is 5.86. The number of benzene rings is 2. The van der Waals surface area contributed by atoms with Gasteiger partial charge >= 0.3 is 5.97 Å². The highest BCUT2D eigenvalue weighted by Crippen LogP contribution is 2.34. The van der Waals surface area contributed by atoms with Crippen LogP contribution >= 0.6 is 0 Å². The molecule has 5 rings (SSSR count). The number of carbonyl (C=O) groups is 6. The summed E-state index contributed by atoms with van der Waals surface area (Å²) in [6, 6.07) is 8.05. The number of Topliss-reactive ketones (excluding diaryl/α,β-unsaturated/α-hetero) is 1. The van der Waals surface area contributed by atoms with Crippen LogP contribution in [0.2, 0.25) is 0 Å². The second-order valence-corrected chi connectivity index (χ2v) is 13.3. The van der Waals surface area contributed by atoms with Crippen LogP contribution in [0.1, 0.15) is 58.2 Å². The molecule has 0 spiro atoms. The van der Waals surface area contributed by atoms with Crippen LogP contribution in [0.25, 0.3) is 32.9 Å². The summed E-state index contributed by atoms with van der Waals surface area (Å²) in [5, 5.41) is 14.5. The minimum atomic E-state index is -0.690. The van der Waals surface area contributed by atoms with Crippen LogP contribution in [0.15, 0.2) is 42.7 Å². The van der Waals surface area contributed by atoms with Gasteiger partial charge in [-0.1, -0.05) is 12.1 Å². The Morgan fingerprint density at radius 2 is 1.62 bits per heavy atom. The van der Waals surface area contributed by atoms with Gasteiger partial charge in [-0.05, 0) is 64.3 Å². The molecular formula is C35H40FN7O7. The summed E-state index contributed by atoms with van der Waals surface area (Å²) in [5.41, 5.74) is 0.993. The van der Waals surface area contributed by atoms with Crippen molar-refractivity contribution in [1.82, 2.24) is 35.1 Å². The Hall–Kier alpha value is -5.47. The summed E-state index contributed by atoms with van der Waals surface area (Å²) in [7, 11) is 0. The normalized spacial score (nSPS) is 13.7. The maximum Gasteiger partial charge on any atom is 0.325 e. The number of carbonyl (C=O) groups excluding carboxylic acids is 6. The number of piperidine rings is 1. The van der Waals surface area contributed by atoms with Crippen molar-refractivity contribution in [2.75, 3.05) is 26.2 Å². The molecule has 0 radical (unpaired) electrons. The molecule has 1 saturated heterocycles. The van der Waals surface area contributed by atoms with Gasteiger partial charge < -0.3 is 25.1 Å². The lowest BCUT2D eigenvalue weighted by Gasteiger charge is -2.31. The number of rotatable bonds is 11. The number of amides is 3. The summed E-state index contributed by atoms with van der Waals surface area (Å²) < 4.78 is 23.4. The van der Waals surface area contributed by atoms with Gasteiger partial charge in [0.2, 0.25) is 17.7 Å². The summed E-state index contributed by atoms with van der Waals surface area (Å²) in [6.07, 6.45) is 4.20. The van der Waals surface area contributed by atoms with Gasteiger partial charge in [0.1, 0.15) is 30.3 Å². The minimum Gasteiger partial charge on any atom is -0.459 e. The highest BCUT2D eigenvalue weighted by Gasteiger charge is 2.30. The van der Waals surface area contributed by atoms with E-state index in [0.29, 0.717) is 53.3 Å². The van der Waals surface area contributed by atoms with Crippen molar-refractivity contribution in [3.63, 3.8) is 0 Å². The Labute approximate surface area is 287 Å². The second-order valence-electron chi connectivity index (χ2n) is 13.3. The molecule has 4 aromatic rings. The lowest BCUT2D eigenvalue weighted by molar-refractivity contribution is -0.154. The molecule has 15 heteroatoms. The van der Waals surface area contributed by atoms with Gasteiger partial charge in [-0.25, -0.2) is 4.39 Å². The fraction of sp³-hybridized carbons (Fsp3) is 0.429. The summed E-state index contributed by atoms with van der Waals surface area (Å²) >= 11 is 0. The van der Waals surface area contributed by atoms with Crippen molar-refractivity contribution in [2.24, 2.45) is 5.92 Å². The standard InChI is InChI=1S/C35H40FN7O7/c1-21(44)8-9-32(47)41-12-10-22(11-13-41)34(49)43-29-15-25(27(36)14-23(29)16-40-43)24-6-5-7-28-26(24)17-39-42(28)20-31(46)37-18-30(45)38-19-33(48)50-35(2,3)4/h5-7,14-17,22H,8-13,18-20H2,1-4H3,(H,37,46)(H,38,45). The first-order valence-electron chi connectivity index (χ1n) is 16.4. The quantitative estimate of drug-likeness (QED) is 0.224. The molecule has 3 heterocycles. The molecule has 1 aliphatic rings. The van der Waals surface area contributed by atoms with Gasteiger partial charge in [0.15, 0.2) is 0 Å². The van der Waals surface area contributed by atoms with Gasteiger partial charge in [0.25, 0.3) is 5.91 Å². The molecule has 0 bridgehead atoms. The number of fused-ring (bicyclic) bond motifs is 2. The number of likely N-dealkylation sites (tertiary alicyclic amines) is 1. The van der Waals surface area contributed by atoms with Crippen LogP contribution in [0, 0.1) is 11.7 Å². The topological polar surface area (TPSA) is 175 Å². The average molecular weight is 690 g/mol. The van der Waals surface area contributed by atoms with E-state index in [1.54, 1.807) is 49.9 Å². The third-order valence-electron chi connectivity index (χ3n) is 8.32. The molecule has 264 valence electrons. The van der Waals surface area contributed by atoms with Crippen LogP contribution in [0.5, 0.6) is 0 Å². The van der Waals surface area contributed by atoms with Gasteiger partial charge in [-0.2, -0.15) is 14.9 Å². The first kappa shape index (κ1) is 35.8. The number of nitrogens with zero attached hydrogens (tertiary/aromatic N) is 5.